The maximum Gasteiger partial charge on any atom is 0.236 e. The molecular weight excluding hydrogens is 370 g/mol. The quantitative estimate of drug-likeness (QED) is 0.651. The predicted molar refractivity (Wildman–Crippen MR) is 102 cm³/mol. The van der Waals surface area contributed by atoms with Crippen LogP contribution in [0.4, 0.5) is 5.82 Å². The summed E-state index contributed by atoms with van der Waals surface area (Å²) in [6.45, 7) is 0. The van der Waals surface area contributed by atoms with Crippen LogP contribution in [0.25, 0.3) is 5.69 Å². The number of carbonyl (C=O) groups is 1. The molecule has 1 N–H and O–H groups in total. The van der Waals surface area contributed by atoms with Crippen LogP contribution < -0.4 is 5.32 Å². The molecule has 0 radical (unpaired) electrons. The molecule has 0 atom stereocenters. The van der Waals surface area contributed by atoms with E-state index in [0.29, 0.717) is 21.9 Å². The van der Waals surface area contributed by atoms with E-state index in [1.165, 1.54) is 18.0 Å². The van der Waals surface area contributed by atoms with Crippen LogP contribution in [0.2, 0.25) is 5.02 Å². The van der Waals surface area contributed by atoms with E-state index in [0.717, 1.165) is 24.4 Å². The number of thioether (sulfide) groups is 1. The number of anilines is 1. The minimum atomic E-state index is -0.158. The summed E-state index contributed by atoms with van der Waals surface area (Å²) in [5, 5.41) is 8.46. The van der Waals surface area contributed by atoms with E-state index in [1.807, 2.05) is 35.0 Å². The molecule has 1 aliphatic rings. The van der Waals surface area contributed by atoms with Crippen molar-refractivity contribution in [1.82, 2.24) is 19.7 Å². The third-order valence-corrected chi connectivity index (χ3v) is 4.94. The van der Waals surface area contributed by atoms with Crippen molar-refractivity contribution >= 4 is 35.1 Å². The first-order valence-corrected chi connectivity index (χ1v) is 9.62. The maximum atomic E-state index is 12.1. The molecule has 1 amide bonds. The topological polar surface area (TPSA) is 72.7 Å². The number of benzene rings is 1. The first-order valence-electron chi connectivity index (χ1n) is 8.25. The molecule has 0 saturated heterocycles. The summed E-state index contributed by atoms with van der Waals surface area (Å²) in [6, 6.07) is 13.3. The molecule has 1 fully saturated rings. The van der Waals surface area contributed by atoms with E-state index >= 15 is 0 Å². The standard InChI is InChI=1S/C18H16ClN5OS/c19-13-8-9-15(20-10-13)21-16(25)11-26-18-22-17(12-6-7-12)24(23-18)14-4-2-1-3-5-14/h1-5,8-10,12H,6-7,11H2,(H,20,21,25). The Balaban J connectivity index is 1.43. The molecule has 2 aromatic heterocycles. The zero-order chi connectivity index (χ0) is 17.9. The second-order valence-corrected chi connectivity index (χ2v) is 7.35. The molecule has 1 aromatic carbocycles. The van der Waals surface area contributed by atoms with Crippen molar-refractivity contribution in [2.24, 2.45) is 0 Å². The molecule has 3 aromatic rings. The van der Waals surface area contributed by atoms with Gasteiger partial charge in [0.15, 0.2) is 0 Å². The highest BCUT2D eigenvalue weighted by molar-refractivity contribution is 7.99. The second kappa shape index (κ2) is 7.47. The third-order valence-electron chi connectivity index (χ3n) is 3.88. The normalized spacial score (nSPS) is 13.6. The number of para-hydroxylation sites is 1. The van der Waals surface area contributed by atoms with Crippen molar-refractivity contribution in [3.05, 3.63) is 59.5 Å². The molecule has 0 spiro atoms. The monoisotopic (exact) mass is 385 g/mol. The molecular formula is C18H16ClN5OS. The maximum absolute atomic E-state index is 12.1. The summed E-state index contributed by atoms with van der Waals surface area (Å²) in [5.41, 5.74) is 0.989. The number of pyridine rings is 1. The lowest BCUT2D eigenvalue weighted by Crippen LogP contribution is -2.15. The number of hydrogen-bond acceptors (Lipinski definition) is 5. The minimum Gasteiger partial charge on any atom is -0.310 e. The highest BCUT2D eigenvalue weighted by Gasteiger charge is 2.30. The Morgan fingerprint density at radius 1 is 1.23 bits per heavy atom. The van der Waals surface area contributed by atoms with Gasteiger partial charge in [0, 0.05) is 12.1 Å². The van der Waals surface area contributed by atoms with Gasteiger partial charge in [0.1, 0.15) is 11.6 Å². The Labute approximate surface area is 160 Å². The van der Waals surface area contributed by atoms with Crippen LogP contribution in [0, 0.1) is 0 Å². The zero-order valence-electron chi connectivity index (χ0n) is 13.8. The number of nitrogens with one attached hydrogen (secondary N) is 1. The van der Waals surface area contributed by atoms with Gasteiger partial charge in [0.2, 0.25) is 11.1 Å². The van der Waals surface area contributed by atoms with E-state index in [9.17, 15) is 4.79 Å². The molecule has 2 heterocycles. The van der Waals surface area contributed by atoms with Crippen LogP contribution in [0.1, 0.15) is 24.6 Å². The predicted octanol–water partition coefficient (Wildman–Crippen LogP) is 3.92. The SMILES string of the molecule is O=C(CSc1nc(C2CC2)n(-c2ccccc2)n1)Nc1ccc(Cl)cn1. The Hall–Kier alpha value is -2.38. The molecule has 6 nitrogen and oxygen atoms in total. The zero-order valence-corrected chi connectivity index (χ0v) is 15.4. The van der Waals surface area contributed by atoms with Gasteiger partial charge in [-0.05, 0) is 37.1 Å². The molecule has 0 unspecified atom stereocenters. The lowest BCUT2D eigenvalue weighted by molar-refractivity contribution is -0.113. The number of hydrogen-bond donors (Lipinski definition) is 1. The average molecular weight is 386 g/mol. The van der Waals surface area contributed by atoms with Crippen molar-refractivity contribution in [3.63, 3.8) is 0 Å². The first-order chi connectivity index (χ1) is 12.7. The fourth-order valence-electron chi connectivity index (χ4n) is 2.49. The largest absolute Gasteiger partial charge is 0.310 e. The number of carbonyl (C=O) groups excluding carboxylic acids is 1. The average Bonchev–Trinajstić information content (AvgIpc) is 3.42. The molecule has 1 saturated carbocycles. The molecule has 132 valence electrons. The van der Waals surface area contributed by atoms with E-state index in [-0.39, 0.29) is 11.7 Å². The molecule has 26 heavy (non-hydrogen) atoms. The summed E-state index contributed by atoms with van der Waals surface area (Å²) in [7, 11) is 0. The van der Waals surface area contributed by atoms with E-state index in [4.69, 9.17) is 11.6 Å². The summed E-state index contributed by atoms with van der Waals surface area (Å²) < 4.78 is 1.89. The van der Waals surface area contributed by atoms with Crippen molar-refractivity contribution in [2.75, 3.05) is 11.1 Å². The van der Waals surface area contributed by atoms with Crippen LogP contribution in [-0.2, 0) is 4.79 Å². The highest BCUT2D eigenvalue weighted by Crippen LogP contribution is 2.40. The summed E-state index contributed by atoms with van der Waals surface area (Å²) in [6.07, 6.45) is 3.77. The van der Waals surface area contributed by atoms with Gasteiger partial charge in [-0.25, -0.2) is 14.6 Å². The van der Waals surface area contributed by atoms with E-state index in [1.54, 1.807) is 12.1 Å². The van der Waals surface area contributed by atoms with Crippen LogP contribution >= 0.6 is 23.4 Å². The fourth-order valence-corrected chi connectivity index (χ4v) is 3.23. The third kappa shape index (κ3) is 4.05. The molecule has 0 aliphatic heterocycles. The van der Waals surface area contributed by atoms with E-state index in [2.05, 4.69) is 20.4 Å². The van der Waals surface area contributed by atoms with Crippen LogP contribution in [0.15, 0.2) is 53.8 Å². The van der Waals surface area contributed by atoms with Gasteiger partial charge in [0.25, 0.3) is 0 Å². The smallest absolute Gasteiger partial charge is 0.236 e. The van der Waals surface area contributed by atoms with Gasteiger partial charge < -0.3 is 5.32 Å². The highest BCUT2D eigenvalue weighted by atomic mass is 35.5. The molecule has 4 rings (SSSR count). The summed E-state index contributed by atoms with van der Waals surface area (Å²) in [4.78, 5) is 20.8. The molecule has 0 bridgehead atoms. The Morgan fingerprint density at radius 2 is 2.04 bits per heavy atom. The fraction of sp³-hybridized carbons (Fsp3) is 0.222. The Morgan fingerprint density at radius 3 is 2.73 bits per heavy atom. The van der Waals surface area contributed by atoms with Crippen LogP contribution in [0.5, 0.6) is 0 Å². The van der Waals surface area contributed by atoms with Crippen LogP contribution in [-0.4, -0.2) is 31.4 Å². The van der Waals surface area contributed by atoms with Crippen LogP contribution in [0.3, 0.4) is 0 Å². The Kier molecular flexibility index (Phi) is 4.90. The minimum absolute atomic E-state index is 0.158. The van der Waals surface area contributed by atoms with Gasteiger partial charge in [-0.2, -0.15) is 0 Å². The molecule has 1 aliphatic carbocycles. The number of rotatable bonds is 6. The summed E-state index contributed by atoms with van der Waals surface area (Å²) >= 11 is 7.11. The van der Waals surface area contributed by atoms with Crippen molar-refractivity contribution in [2.45, 2.75) is 23.9 Å². The lowest BCUT2D eigenvalue weighted by atomic mass is 10.3. The number of amides is 1. The Bertz CT molecular complexity index is 909. The second-order valence-electron chi connectivity index (χ2n) is 5.97. The number of aromatic nitrogens is 4. The molecule has 8 heteroatoms. The number of halogens is 1. The van der Waals surface area contributed by atoms with Crippen molar-refractivity contribution in [1.29, 1.82) is 0 Å². The van der Waals surface area contributed by atoms with Gasteiger partial charge in [0.05, 0.1) is 16.5 Å². The first kappa shape index (κ1) is 17.1. The van der Waals surface area contributed by atoms with Gasteiger partial charge in [-0.1, -0.05) is 41.6 Å². The van der Waals surface area contributed by atoms with E-state index < -0.39 is 0 Å². The number of nitrogens with zero attached hydrogens (tertiary/aromatic N) is 4. The summed E-state index contributed by atoms with van der Waals surface area (Å²) in [5.74, 6) is 1.96. The van der Waals surface area contributed by atoms with Crippen molar-refractivity contribution in [3.8, 4) is 5.69 Å². The van der Waals surface area contributed by atoms with Gasteiger partial charge >= 0.3 is 0 Å². The van der Waals surface area contributed by atoms with Gasteiger partial charge in [-0.15, -0.1) is 5.10 Å². The lowest BCUT2D eigenvalue weighted by Gasteiger charge is -2.03. The van der Waals surface area contributed by atoms with Crippen molar-refractivity contribution < 1.29 is 4.79 Å². The van der Waals surface area contributed by atoms with Gasteiger partial charge in [-0.3, -0.25) is 4.79 Å².